The Balaban J connectivity index is 2.23. The van der Waals surface area contributed by atoms with Gasteiger partial charge in [0.1, 0.15) is 5.92 Å². The fourth-order valence-corrected chi connectivity index (χ4v) is 1.95. The molecule has 1 aromatic heterocycles. The zero-order valence-corrected chi connectivity index (χ0v) is 8.30. The second kappa shape index (κ2) is 4.40. The molecule has 1 N–H and O–H groups in total. The predicted octanol–water partition coefficient (Wildman–Crippen LogP) is 1.29. The van der Waals surface area contributed by atoms with Crippen LogP contribution in [0, 0.1) is 5.92 Å². The van der Waals surface area contributed by atoms with Gasteiger partial charge in [0.05, 0.1) is 12.3 Å². The van der Waals surface area contributed by atoms with Crippen molar-refractivity contribution in [2.24, 2.45) is 5.92 Å². The minimum atomic E-state index is -0.816. The number of carboxylic acid groups (broad SMARTS) is 1. The molecular weight excluding hydrogens is 194 g/mol. The van der Waals surface area contributed by atoms with Crippen molar-refractivity contribution in [2.75, 3.05) is 13.2 Å². The van der Waals surface area contributed by atoms with Crippen LogP contribution in [-0.2, 0) is 9.53 Å². The Morgan fingerprint density at radius 2 is 2.47 bits per heavy atom. The summed E-state index contributed by atoms with van der Waals surface area (Å²) < 4.78 is 5.22. The molecule has 1 fully saturated rings. The van der Waals surface area contributed by atoms with E-state index in [4.69, 9.17) is 4.74 Å². The smallest absolute Gasteiger partial charge is 0.312 e. The highest BCUT2D eigenvalue weighted by Crippen LogP contribution is 2.29. The van der Waals surface area contributed by atoms with Gasteiger partial charge in [-0.15, -0.1) is 0 Å². The maximum absolute atomic E-state index is 11.2. The van der Waals surface area contributed by atoms with E-state index in [0.717, 1.165) is 6.42 Å². The van der Waals surface area contributed by atoms with E-state index in [9.17, 15) is 9.90 Å². The Bertz CT molecular complexity index is 333. The molecule has 0 radical (unpaired) electrons. The standard InChI is InChI=1S/C11H13NO3/c13-11(14)10(8-4-6-15-7-8)9-3-1-2-5-12-9/h1-3,5,8,10H,4,6-7H2,(H,13,14). The summed E-state index contributed by atoms with van der Waals surface area (Å²) in [5.41, 5.74) is 0.625. The fourth-order valence-electron chi connectivity index (χ4n) is 1.95. The molecule has 2 unspecified atom stereocenters. The molecule has 80 valence electrons. The van der Waals surface area contributed by atoms with Crippen LogP contribution in [0.4, 0.5) is 0 Å². The van der Waals surface area contributed by atoms with E-state index in [1.807, 2.05) is 6.07 Å². The molecule has 2 heterocycles. The maximum Gasteiger partial charge on any atom is 0.312 e. The largest absolute Gasteiger partial charge is 0.481 e. The quantitative estimate of drug-likeness (QED) is 0.811. The molecular formula is C11H13NO3. The molecule has 1 saturated heterocycles. The third-order valence-electron chi connectivity index (χ3n) is 2.71. The number of hydrogen-bond donors (Lipinski definition) is 1. The lowest BCUT2D eigenvalue weighted by molar-refractivity contribution is -0.140. The van der Waals surface area contributed by atoms with Gasteiger partial charge in [0, 0.05) is 18.7 Å². The first kappa shape index (κ1) is 10.1. The SMILES string of the molecule is O=C(O)C(c1ccccn1)C1CCOC1. The van der Waals surface area contributed by atoms with Gasteiger partial charge >= 0.3 is 5.97 Å². The number of aromatic nitrogens is 1. The van der Waals surface area contributed by atoms with Crippen molar-refractivity contribution in [3.63, 3.8) is 0 Å². The fraction of sp³-hybridized carbons (Fsp3) is 0.455. The number of nitrogens with zero attached hydrogens (tertiary/aromatic N) is 1. The number of aliphatic carboxylic acids is 1. The van der Waals surface area contributed by atoms with Crippen LogP contribution in [0.3, 0.4) is 0 Å². The Morgan fingerprint density at radius 3 is 3.00 bits per heavy atom. The highest BCUT2D eigenvalue weighted by molar-refractivity contribution is 5.75. The van der Waals surface area contributed by atoms with E-state index in [1.54, 1.807) is 18.3 Å². The Kier molecular flexibility index (Phi) is 2.97. The highest BCUT2D eigenvalue weighted by atomic mass is 16.5. The summed E-state index contributed by atoms with van der Waals surface area (Å²) in [4.78, 5) is 15.3. The molecule has 0 saturated carbocycles. The van der Waals surface area contributed by atoms with Gasteiger partial charge < -0.3 is 9.84 Å². The number of pyridine rings is 1. The summed E-state index contributed by atoms with van der Waals surface area (Å²) >= 11 is 0. The molecule has 1 aliphatic heterocycles. The molecule has 0 bridgehead atoms. The third-order valence-corrected chi connectivity index (χ3v) is 2.71. The summed E-state index contributed by atoms with van der Waals surface area (Å²) in [5.74, 6) is -1.30. The molecule has 15 heavy (non-hydrogen) atoms. The van der Waals surface area contributed by atoms with Crippen molar-refractivity contribution in [1.29, 1.82) is 0 Å². The second-order valence-electron chi connectivity index (χ2n) is 3.69. The molecule has 0 aliphatic carbocycles. The third kappa shape index (κ3) is 2.15. The van der Waals surface area contributed by atoms with Crippen LogP contribution >= 0.6 is 0 Å². The summed E-state index contributed by atoms with van der Waals surface area (Å²) in [6.07, 6.45) is 2.43. The van der Waals surface area contributed by atoms with Crippen LogP contribution < -0.4 is 0 Å². The van der Waals surface area contributed by atoms with Crippen molar-refractivity contribution in [2.45, 2.75) is 12.3 Å². The number of ether oxygens (including phenoxy) is 1. The van der Waals surface area contributed by atoms with Crippen molar-refractivity contribution < 1.29 is 14.6 Å². The van der Waals surface area contributed by atoms with Crippen molar-refractivity contribution in [1.82, 2.24) is 4.98 Å². The van der Waals surface area contributed by atoms with Crippen LogP contribution in [0.5, 0.6) is 0 Å². The lowest BCUT2D eigenvalue weighted by atomic mass is 9.88. The Labute approximate surface area is 87.9 Å². The average Bonchev–Trinajstić information content (AvgIpc) is 2.72. The van der Waals surface area contributed by atoms with Crippen molar-refractivity contribution >= 4 is 5.97 Å². The monoisotopic (exact) mass is 207 g/mol. The van der Waals surface area contributed by atoms with Crippen LogP contribution in [0.25, 0.3) is 0 Å². The van der Waals surface area contributed by atoms with Gasteiger partial charge in [0.15, 0.2) is 0 Å². The molecule has 4 heteroatoms. The number of rotatable bonds is 3. The first-order valence-corrected chi connectivity index (χ1v) is 5.00. The van der Waals surface area contributed by atoms with E-state index < -0.39 is 11.9 Å². The van der Waals surface area contributed by atoms with Gasteiger partial charge in [0.25, 0.3) is 0 Å². The minimum absolute atomic E-state index is 0.0531. The van der Waals surface area contributed by atoms with Crippen LogP contribution in [0.2, 0.25) is 0 Å². The first-order valence-electron chi connectivity index (χ1n) is 5.00. The first-order chi connectivity index (χ1) is 7.29. The molecule has 4 nitrogen and oxygen atoms in total. The van der Waals surface area contributed by atoms with Crippen LogP contribution in [-0.4, -0.2) is 29.3 Å². The molecule has 2 rings (SSSR count). The van der Waals surface area contributed by atoms with Crippen molar-refractivity contribution in [3.8, 4) is 0 Å². The summed E-state index contributed by atoms with van der Waals surface area (Å²) in [5, 5.41) is 9.19. The Hall–Kier alpha value is -1.42. The van der Waals surface area contributed by atoms with E-state index in [1.165, 1.54) is 0 Å². The zero-order chi connectivity index (χ0) is 10.7. The molecule has 1 aromatic rings. The minimum Gasteiger partial charge on any atom is -0.481 e. The number of carbonyl (C=O) groups is 1. The second-order valence-corrected chi connectivity index (χ2v) is 3.69. The van der Waals surface area contributed by atoms with E-state index in [0.29, 0.717) is 18.9 Å². The van der Waals surface area contributed by atoms with Gasteiger partial charge in [-0.25, -0.2) is 0 Å². The molecule has 0 spiro atoms. The predicted molar refractivity (Wildman–Crippen MR) is 53.5 cm³/mol. The normalized spacial score (nSPS) is 22.5. The molecule has 0 amide bonds. The summed E-state index contributed by atoms with van der Waals surface area (Å²) in [7, 11) is 0. The van der Waals surface area contributed by atoms with E-state index in [2.05, 4.69) is 4.98 Å². The Morgan fingerprint density at radius 1 is 1.60 bits per heavy atom. The molecule has 2 atom stereocenters. The van der Waals surface area contributed by atoms with E-state index in [-0.39, 0.29) is 5.92 Å². The van der Waals surface area contributed by atoms with Gasteiger partial charge in [-0.1, -0.05) is 6.07 Å². The molecule has 1 aliphatic rings. The average molecular weight is 207 g/mol. The number of carboxylic acids is 1. The lowest BCUT2D eigenvalue weighted by Gasteiger charge is -2.16. The zero-order valence-electron chi connectivity index (χ0n) is 8.30. The topological polar surface area (TPSA) is 59.4 Å². The van der Waals surface area contributed by atoms with Gasteiger partial charge in [0.2, 0.25) is 0 Å². The van der Waals surface area contributed by atoms with Crippen LogP contribution in [0.1, 0.15) is 18.0 Å². The number of hydrogen-bond acceptors (Lipinski definition) is 3. The lowest BCUT2D eigenvalue weighted by Crippen LogP contribution is -2.22. The van der Waals surface area contributed by atoms with Crippen molar-refractivity contribution in [3.05, 3.63) is 30.1 Å². The summed E-state index contributed by atoms with van der Waals surface area (Å²) in [6.45, 7) is 1.18. The van der Waals surface area contributed by atoms with Gasteiger partial charge in [-0.05, 0) is 18.6 Å². The molecule has 0 aromatic carbocycles. The summed E-state index contributed by atoms with van der Waals surface area (Å²) in [6, 6.07) is 5.36. The van der Waals surface area contributed by atoms with Gasteiger partial charge in [-0.2, -0.15) is 0 Å². The maximum atomic E-state index is 11.2. The van der Waals surface area contributed by atoms with Crippen LogP contribution in [0.15, 0.2) is 24.4 Å². The highest BCUT2D eigenvalue weighted by Gasteiger charge is 2.33. The van der Waals surface area contributed by atoms with E-state index >= 15 is 0 Å². The van der Waals surface area contributed by atoms with Gasteiger partial charge in [-0.3, -0.25) is 9.78 Å².